The molecule has 1 aromatic carbocycles. The van der Waals surface area contributed by atoms with Crippen molar-refractivity contribution in [1.29, 1.82) is 0 Å². The Hall–Kier alpha value is -3.89. The summed E-state index contributed by atoms with van der Waals surface area (Å²) >= 11 is 0. The minimum Gasteiger partial charge on any atom is -0.489 e. The maximum Gasteiger partial charge on any atom is 0.407 e. The normalized spacial score (nSPS) is 13.1. The van der Waals surface area contributed by atoms with Crippen LogP contribution in [-0.4, -0.2) is 51.5 Å². The van der Waals surface area contributed by atoms with Crippen LogP contribution in [0.15, 0.2) is 36.7 Å². The fourth-order valence-corrected chi connectivity index (χ4v) is 3.37. The topological polar surface area (TPSA) is 116 Å². The highest BCUT2D eigenvalue weighted by Gasteiger charge is 2.20. The number of amides is 1. The third-order valence-corrected chi connectivity index (χ3v) is 4.93. The van der Waals surface area contributed by atoms with Gasteiger partial charge in [-0.2, -0.15) is 5.10 Å². The second-order valence-corrected chi connectivity index (χ2v) is 9.22. The first kappa shape index (κ1) is 26.7. The zero-order valence-corrected chi connectivity index (χ0v) is 21.3. The van der Waals surface area contributed by atoms with Gasteiger partial charge in [-0.15, -0.1) is 0 Å². The number of nitrogens with one attached hydrogen (secondary N) is 2. The first-order valence-electron chi connectivity index (χ1n) is 11.7. The van der Waals surface area contributed by atoms with Gasteiger partial charge < -0.3 is 24.8 Å². The molecule has 3 aromatic rings. The minimum atomic E-state index is -0.607. The van der Waals surface area contributed by atoms with Gasteiger partial charge in [0.05, 0.1) is 25.4 Å². The minimum absolute atomic E-state index is 0.198. The van der Waals surface area contributed by atoms with Crippen LogP contribution in [0.3, 0.4) is 0 Å². The van der Waals surface area contributed by atoms with Crippen LogP contribution in [0.25, 0.3) is 5.65 Å². The number of nitrogens with zero attached hydrogens (tertiary/aromatic N) is 3. The van der Waals surface area contributed by atoms with E-state index < -0.39 is 35.6 Å². The van der Waals surface area contributed by atoms with Crippen LogP contribution in [0.2, 0.25) is 0 Å². The van der Waals surface area contributed by atoms with E-state index in [2.05, 4.69) is 20.7 Å². The summed E-state index contributed by atoms with van der Waals surface area (Å²) in [4.78, 5) is 28.6. The number of hydrogen-bond acceptors (Lipinski definition) is 8. The predicted octanol–water partition coefficient (Wildman–Crippen LogP) is 4.51. The van der Waals surface area contributed by atoms with Crippen LogP contribution in [-0.2, 0) is 9.47 Å². The number of hydrogen-bond donors (Lipinski definition) is 2. The van der Waals surface area contributed by atoms with Crippen molar-refractivity contribution < 1.29 is 28.2 Å². The molecule has 0 saturated heterocycles. The van der Waals surface area contributed by atoms with Gasteiger partial charge in [0.15, 0.2) is 5.65 Å². The summed E-state index contributed by atoms with van der Waals surface area (Å²) in [6.07, 6.45) is 2.10. The van der Waals surface area contributed by atoms with Gasteiger partial charge in [-0.3, -0.25) is 0 Å². The van der Waals surface area contributed by atoms with Crippen LogP contribution in [0, 0.1) is 5.82 Å². The van der Waals surface area contributed by atoms with Gasteiger partial charge in [0.25, 0.3) is 0 Å². The Kier molecular flexibility index (Phi) is 8.33. The van der Waals surface area contributed by atoms with Gasteiger partial charge in [-0.25, -0.2) is 23.5 Å². The summed E-state index contributed by atoms with van der Waals surface area (Å²) in [5, 5.41) is 10.0. The highest BCUT2D eigenvalue weighted by molar-refractivity contribution is 5.95. The molecule has 0 spiro atoms. The third-order valence-electron chi connectivity index (χ3n) is 4.93. The highest BCUT2D eigenvalue weighted by Crippen LogP contribution is 2.29. The van der Waals surface area contributed by atoms with Crippen LogP contribution in [0.4, 0.5) is 15.0 Å². The summed E-state index contributed by atoms with van der Waals surface area (Å²) in [6, 6.07) is 5.51. The number of fused-ring (bicyclic) bond motifs is 1. The standard InChI is InChI=1S/C25H32FN5O5/c1-7-34-23(32)19-14-28-31-11-10-21(30-22(19)31)29-16(3)18-12-17(26)8-9-20(18)35-15(2)13-27-24(33)36-25(4,5)6/h8-12,14-16H,7,13H2,1-6H3,(H,27,33)(H,29,30). The number of esters is 1. The van der Waals surface area contributed by atoms with Gasteiger partial charge in [0, 0.05) is 11.8 Å². The van der Waals surface area contributed by atoms with Crippen molar-refractivity contribution in [2.75, 3.05) is 18.5 Å². The van der Waals surface area contributed by atoms with Crippen LogP contribution >= 0.6 is 0 Å². The second-order valence-electron chi connectivity index (χ2n) is 9.22. The number of carbonyl (C=O) groups is 2. The average Bonchev–Trinajstić information content (AvgIpc) is 3.21. The van der Waals surface area contributed by atoms with E-state index in [-0.39, 0.29) is 18.7 Å². The van der Waals surface area contributed by atoms with Crippen molar-refractivity contribution in [3.05, 3.63) is 53.6 Å². The Morgan fingerprint density at radius 2 is 1.94 bits per heavy atom. The number of anilines is 1. The summed E-state index contributed by atoms with van der Waals surface area (Å²) in [5.41, 5.74) is 0.530. The largest absolute Gasteiger partial charge is 0.489 e. The van der Waals surface area contributed by atoms with Crippen LogP contribution < -0.4 is 15.4 Å². The predicted molar refractivity (Wildman–Crippen MR) is 132 cm³/mol. The molecule has 2 N–H and O–H groups in total. The molecule has 2 heterocycles. The molecule has 2 aromatic heterocycles. The molecule has 2 unspecified atom stereocenters. The van der Waals surface area contributed by atoms with Gasteiger partial charge in [0.1, 0.15) is 34.7 Å². The molecule has 11 heteroatoms. The highest BCUT2D eigenvalue weighted by atomic mass is 19.1. The molecule has 0 saturated carbocycles. The van der Waals surface area contributed by atoms with Crippen molar-refractivity contribution >= 4 is 23.5 Å². The van der Waals surface area contributed by atoms with E-state index in [1.807, 2.05) is 6.92 Å². The molecule has 194 valence electrons. The fraction of sp³-hybridized carbons (Fsp3) is 0.440. The van der Waals surface area contributed by atoms with E-state index in [0.717, 1.165) is 0 Å². The molecule has 3 rings (SSSR count). The van der Waals surface area contributed by atoms with Crippen molar-refractivity contribution in [3.8, 4) is 5.75 Å². The first-order chi connectivity index (χ1) is 17.0. The first-order valence-corrected chi connectivity index (χ1v) is 11.7. The van der Waals surface area contributed by atoms with Gasteiger partial charge in [0.2, 0.25) is 0 Å². The monoisotopic (exact) mass is 501 g/mol. The van der Waals surface area contributed by atoms with E-state index in [1.54, 1.807) is 52.9 Å². The van der Waals surface area contributed by atoms with E-state index in [9.17, 15) is 14.0 Å². The maximum atomic E-state index is 14.1. The van der Waals surface area contributed by atoms with E-state index in [4.69, 9.17) is 14.2 Å². The van der Waals surface area contributed by atoms with Gasteiger partial charge >= 0.3 is 12.1 Å². The Bertz CT molecular complexity index is 1220. The van der Waals surface area contributed by atoms with Crippen molar-refractivity contribution in [2.45, 2.75) is 59.3 Å². The van der Waals surface area contributed by atoms with E-state index in [0.29, 0.717) is 22.8 Å². The van der Waals surface area contributed by atoms with E-state index in [1.165, 1.54) is 22.8 Å². The average molecular weight is 502 g/mol. The summed E-state index contributed by atoms with van der Waals surface area (Å²) in [6.45, 7) is 11.1. The van der Waals surface area contributed by atoms with Gasteiger partial charge in [-0.1, -0.05) is 0 Å². The third kappa shape index (κ3) is 7.06. The lowest BCUT2D eigenvalue weighted by atomic mass is 10.1. The maximum absolute atomic E-state index is 14.1. The summed E-state index contributed by atoms with van der Waals surface area (Å²) in [7, 11) is 0. The number of halogens is 1. The van der Waals surface area contributed by atoms with Crippen LogP contribution in [0.5, 0.6) is 5.75 Å². The number of ether oxygens (including phenoxy) is 3. The molecule has 0 aliphatic heterocycles. The van der Waals surface area contributed by atoms with Crippen molar-refractivity contribution in [3.63, 3.8) is 0 Å². The molecule has 0 aliphatic rings. The lowest BCUT2D eigenvalue weighted by Crippen LogP contribution is -2.37. The molecule has 0 fully saturated rings. The fourth-order valence-electron chi connectivity index (χ4n) is 3.37. The SMILES string of the molecule is CCOC(=O)c1cnn2ccc(NC(C)c3cc(F)ccc3OC(C)CNC(=O)OC(C)(C)C)nc12. The summed E-state index contributed by atoms with van der Waals surface area (Å²) in [5.74, 6) is -0.0299. The second kappa shape index (κ2) is 11.2. The number of carbonyl (C=O) groups excluding carboxylic acids is 2. The molecule has 2 atom stereocenters. The Balaban J connectivity index is 1.73. The number of rotatable bonds is 9. The number of alkyl carbamates (subject to hydrolysis) is 1. The molecular weight excluding hydrogens is 469 g/mol. The van der Waals surface area contributed by atoms with E-state index >= 15 is 0 Å². The van der Waals surface area contributed by atoms with Gasteiger partial charge in [-0.05, 0) is 65.8 Å². The molecule has 0 aliphatic carbocycles. The molecule has 0 bridgehead atoms. The quantitative estimate of drug-likeness (QED) is 0.412. The van der Waals surface area contributed by atoms with Crippen molar-refractivity contribution in [2.24, 2.45) is 0 Å². The Morgan fingerprint density at radius 3 is 2.64 bits per heavy atom. The molecule has 0 radical (unpaired) electrons. The number of aromatic nitrogens is 3. The smallest absolute Gasteiger partial charge is 0.407 e. The molecule has 36 heavy (non-hydrogen) atoms. The molecule has 10 nitrogen and oxygen atoms in total. The zero-order chi connectivity index (χ0) is 26.5. The molecule has 1 amide bonds. The van der Waals surface area contributed by atoms with Crippen molar-refractivity contribution in [1.82, 2.24) is 19.9 Å². The Morgan fingerprint density at radius 1 is 1.19 bits per heavy atom. The Labute approximate surface area is 209 Å². The molecular formula is C25H32FN5O5. The van der Waals surface area contributed by atoms with Crippen LogP contribution in [0.1, 0.15) is 63.5 Å². The lowest BCUT2D eigenvalue weighted by Gasteiger charge is -2.23. The number of benzene rings is 1. The lowest BCUT2D eigenvalue weighted by molar-refractivity contribution is 0.0501. The zero-order valence-electron chi connectivity index (χ0n) is 21.3. The summed E-state index contributed by atoms with van der Waals surface area (Å²) < 4.78 is 31.9.